The maximum Gasteiger partial charge on any atom is 0.234 e. The summed E-state index contributed by atoms with van der Waals surface area (Å²) >= 11 is 0. The highest BCUT2D eigenvalue weighted by Gasteiger charge is 2.31. The molecule has 0 saturated carbocycles. The Morgan fingerprint density at radius 1 is 1.19 bits per heavy atom. The highest BCUT2D eigenvalue weighted by molar-refractivity contribution is 5.98. The van der Waals surface area contributed by atoms with E-state index in [4.69, 9.17) is 5.73 Å². The van der Waals surface area contributed by atoms with Crippen LogP contribution in [-0.2, 0) is 10.2 Å². The van der Waals surface area contributed by atoms with Gasteiger partial charge < -0.3 is 11.1 Å². The number of hydrogen-bond donors (Lipinski definition) is 2. The quantitative estimate of drug-likeness (QED) is 0.914. The number of carbonyl (C=O) groups excluding carboxylic acids is 1. The second-order valence-electron chi connectivity index (χ2n) is 5.37. The molecular weight excluding hydrogens is 286 g/mol. The van der Waals surface area contributed by atoms with E-state index >= 15 is 0 Å². The molecule has 0 unspecified atom stereocenters. The number of rotatable bonds is 3. The number of amides is 1. The first-order chi connectivity index (χ1) is 9.41. The number of anilines is 2. The first-order valence-corrected chi connectivity index (χ1v) is 6.50. The van der Waals surface area contributed by atoms with Crippen molar-refractivity contribution in [3.05, 3.63) is 53.7 Å². The summed E-state index contributed by atoms with van der Waals surface area (Å²) in [5, 5.41) is 2.88. The summed E-state index contributed by atoms with van der Waals surface area (Å²) in [6.07, 6.45) is 1.56. The molecule has 0 bridgehead atoms. The van der Waals surface area contributed by atoms with E-state index in [1.54, 1.807) is 18.3 Å². The topological polar surface area (TPSA) is 68.0 Å². The summed E-state index contributed by atoms with van der Waals surface area (Å²) < 4.78 is 0. The fraction of sp³-hybridized carbons (Fsp3) is 0.250. The Morgan fingerprint density at radius 3 is 2.43 bits per heavy atom. The monoisotopic (exact) mass is 305 g/mol. The number of benzene rings is 1. The van der Waals surface area contributed by atoms with Gasteiger partial charge in [0.2, 0.25) is 5.91 Å². The summed E-state index contributed by atoms with van der Waals surface area (Å²) in [5.74, 6) is 0.361. The maximum atomic E-state index is 12.5. The fourth-order valence-electron chi connectivity index (χ4n) is 2.16. The first-order valence-electron chi connectivity index (χ1n) is 6.50. The molecule has 2 aromatic rings. The third-order valence-corrected chi connectivity index (χ3v) is 3.43. The van der Waals surface area contributed by atoms with Gasteiger partial charge in [0.05, 0.1) is 17.3 Å². The molecule has 0 fully saturated rings. The lowest BCUT2D eigenvalue weighted by Crippen LogP contribution is -2.35. The molecule has 112 valence electrons. The van der Waals surface area contributed by atoms with Crippen LogP contribution in [-0.4, -0.2) is 10.9 Å². The average Bonchev–Trinajstić information content (AvgIpc) is 2.41. The van der Waals surface area contributed by atoms with Crippen molar-refractivity contribution in [1.29, 1.82) is 0 Å². The highest BCUT2D eigenvalue weighted by atomic mass is 35.5. The second-order valence-corrected chi connectivity index (χ2v) is 5.37. The molecule has 0 spiro atoms. The van der Waals surface area contributed by atoms with Gasteiger partial charge in [0.25, 0.3) is 0 Å². The van der Waals surface area contributed by atoms with Crippen molar-refractivity contribution in [3.8, 4) is 0 Å². The second kappa shape index (κ2) is 6.59. The van der Waals surface area contributed by atoms with Gasteiger partial charge in [-0.2, -0.15) is 0 Å². The van der Waals surface area contributed by atoms with Gasteiger partial charge in [0.1, 0.15) is 5.82 Å². The van der Waals surface area contributed by atoms with Crippen LogP contribution in [0.2, 0.25) is 0 Å². The molecule has 5 heteroatoms. The van der Waals surface area contributed by atoms with Crippen LogP contribution in [0.5, 0.6) is 0 Å². The summed E-state index contributed by atoms with van der Waals surface area (Å²) in [7, 11) is 0. The van der Waals surface area contributed by atoms with Gasteiger partial charge in [-0.3, -0.25) is 4.79 Å². The molecule has 1 amide bonds. The van der Waals surface area contributed by atoms with Crippen LogP contribution >= 0.6 is 12.4 Å². The number of nitrogens with one attached hydrogen (secondary N) is 1. The minimum atomic E-state index is -0.618. The predicted octanol–water partition coefficient (Wildman–Crippen LogP) is 3.31. The van der Waals surface area contributed by atoms with E-state index in [0.717, 1.165) is 11.1 Å². The largest absolute Gasteiger partial charge is 0.384 e. The van der Waals surface area contributed by atoms with Crippen molar-refractivity contribution in [3.63, 3.8) is 0 Å². The van der Waals surface area contributed by atoms with Crippen molar-refractivity contribution >= 4 is 29.8 Å². The molecule has 0 radical (unpaired) electrons. The Labute approximate surface area is 131 Å². The number of carbonyl (C=O) groups is 1. The molecule has 0 aliphatic heterocycles. The Kier molecular flexibility index (Phi) is 5.33. The number of pyridine rings is 1. The number of nitrogens with zero attached hydrogens (tertiary/aromatic N) is 1. The number of hydrogen-bond acceptors (Lipinski definition) is 3. The third-order valence-electron chi connectivity index (χ3n) is 3.43. The number of nitrogen functional groups attached to an aromatic ring is 1. The predicted molar refractivity (Wildman–Crippen MR) is 88.7 cm³/mol. The van der Waals surface area contributed by atoms with Crippen molar-refractivity contribution in [2.45, 2.75) is 26.2 Å². The molecule has 1 aromatic heterocycles. The van der Waals surface area contributed by atoms with Crippen LogP contribution in [0.1, 0.15) is 25.0 Å². The Balaban J connectivity index is 0.00000220. The third kappa shape index (κ3) is 3.73. The van der Waals surface area contributed by atoms with E-state index in [2.05, 4.69) is 10.3 Å². The van der Waals surface area contributed by atoms with E-state index in [1.165, 1.54) is 0 Å². The minimum absolute atomic E-state index is 0. The minimum Gasteiger partial charge on any atom is -0.384 e. The van der Waals surface area contributed by atoms with Gasteiger partial charge >= 0.3 is 0 Å². The lowest BCUT2D eigenvalue weighted by Gasteiger charge is -2.25. The Morgan fingerprint density at radius 2 is 1.86 bits per heavy atom. The van der Waals surface area contributed by atoms with Crippen LogP contribution in [0.3, 0.4) is 0 Å². The van der Waals surface area contributed by atoms with Crippen molar-refractivity contribution < 1.29 is 4.79 Å². The van der Waals surface area contributed by atoms with E-state index in [9.17, 15) is 4.79 Å². The van der Waals surface area contributed by atoms with Gasteiger partial charge in [0, 0.05) is 0 Å². The smallest absolute Gasteiger partial charge is 0.234 e. The molecule has 21 heavy (non-hydrogen) atoms. The molecule has 0 saturated heterocycles. The Hall–Kier alpha value is -2.07. The standard InChI is InChI=1S/C16H19N3O.ClH/c1-11-6-4-5-7-13(11)16(2,3)15(20)19-12-8-9-14(17)18-10-12;/h4-10H,1-3H3,(H2,17,18)(H,19,20);1H. The number of nitrogens with two attached hydrogens (primary N) is 1. The maximum absolute atomic E-state index is 12.5. The molecule has 1 heterocycles. The van der Waals surface area contributed by atoms with Crippen LogP contribution in [0.25, 0.3) is 0 Å². The molecular formula is C16H20ClN3O. The SMILES string of the molecule is Cc1ccccc1C(C)(C)C(=O)Nc1ccc(N)nc1.Cl. The van der Waals surface area contributed by atoms with E-state index < -0.39 is 5.41 Å². The molecule has 1 aromatic carbocycles. The normalized spacial score (nSPS) is 10.6. The zero-order valence-electron chi connectivity index (χ0n) is 12.4. The Bertz CT molecular complexity index is 624. The number of aryl methyl sites for hydroxylation is 1. The van der Waals surface area contributed by atoms with Gasteiger partial charge in [-0.25, -0.2) is 4.98 Å². The van der Waals surface area contributed by atoms with Gasteiger partial charge in [-0.05, 0) is 44.0 Å². The fourth-order valence-corrected chi connectivity index (χ4v) is 2.16. The lowest BCUT2D eigenvalue weighted by molar-refractivity contribution is -0.120. The van der Waals surface area contributed by atoms with Crippen molar-refractivity contribution in [2.24, 2.45) is 0 Å². The van der Waals surface area contributed by atoms with Gasteiger partial charge in [0.15, 0.2) is 0 Å². The number of aromatic nitrogens is 1. The van der Waals surface area contributed by atoms with E-state index in [0.29, 0.717) is 11.5 Å². The van der Waals surface area contributed by atoms with Crippen LogP contribution < -0.4 is 11.1 Å². The molecule has 2 rings (SSSR count). The van der Waals surface area contributed by atoms with Crippen molar-refractivity contribution in [1.82, 2.24) is 4.98 Å². The highest BCUT2D eigenvalue weighted by Crippen LogP contribution is 2.27. The lowest BCUT2D eigenvalue weighted by atomic mass is 9.81. The average molecular weight is 306 g/mol. The first kappa shape index (κ1) is 17.0. The van der Waals surface area contributed by atoms with Crippen LogP contribution in [0, 0.1) is 6.92 Å². The molecule has 0 atom stereocenters. The summed E-state index contributed by atoms with van der Waals surface area (Å²) in [6, 6.07) is 11.3. The van der Waals surface area contributed by atoms with Crippen LogP contribution in [0.15, 0.2) is 42.6 Å². The molecule has 0 aliphatic carbocycles. The molecule has 4 nitrogen and oxygen atoms in total. The van der Waals surface area contributed by atoms with Gasteiger partial charge in [-0.15, -0.1) is 12.4 Å². The zero-order valence-corrected chi connectivity index (χ0v) is 13.2. The summed E-state index contributed by atoms with van der Waals surface area (Å²) in [4.78, 5) is 16.5. The van der Waals surface area contributed by atoms with Crippen molar-refractivity contribution in [2.75, 3.05) is 11.1 Å². The number of halogens is 1. The molecule has 0 aliphatic rings. The molecule has 3 N–H and O–H groups in total. The van der Waals surface area contributed by atoms with Gasteiger partial charge in [-0.1, -0.05) is 24.3 Å². The summed E-state index contributed by atoms with van der Waals surface area (Å²) in [5.41, 5.74) is 7.67. The zero-order chi connectivity index (χ0) is 14.8. The van der Waals surface area contributed by atoms with Crippen LogP contribution in [0.4, 0.5) is 11.5 Å². The van der Waals surface area contributed by atoms with E-state index in [1.807, 2.05) is 45.0 Å². The summed E-state index contributed by atoms with van der Waals surface area (Å²) in [6.45, 7) is 5.83. The van der Waals surface area contributed by atoms with E-state index in [-0.39, 0.29) is 18.3 Å².